The molecule has 0 aliphatic heterocycles. The second kappa shape index (κ2) is 9.04. The van der Waals surface area contributed by atoms with Gasteiger partial charge in [0.15, 0.2) is 0 Å². The zero-order chi connectivity index (χ0) is 21.0. The molecule has 0 atom stereocenters. The number of benzene rings is 2. The molecule has 3 aromatic rings. The Balaban J connectivity index is 1.62. The van der Waals surface area contributed by atoms with Gasteiger partial charge in [0, 0.05) is 17.5 Å². The summed E-state index contributed by atoms with van der Waals surface area (Å²) in [5, 5.41) is 6.03. The molecule has 2 aromatic carbocycles. The van der Waals surface area contributed by atoms with Gasteiger partial charge in [0.1, 0.15) is 0 Å². The van der Waals surface area contributed by atoms with Crippen molar-refractivity contribution in [2.45, 2.75) is 18.2 Å². The summed E-state index contributed by atoms with van der Waals surface area (Å²) < 4.78 is 26.1. The number of carbonyl (C=O) groups is 1. The molecule has 0 spiro atoms. The first kappa shape index (κ1) is 21.4. The number of carbonyl (C=O) groups excluding carboxylic acids is 1. The number of halogens is 1. The lowest BCUT2D eigenvalue weighted by molar-refractivity contribution is 0.0954. The maximum atomic E-state index is 12.4. The normalized spacial score (nSPS) is 11.4. The van der Waals surface area contributed by atoms with E-state index in [4.69, 9.17) is 11.6 Å². The summed E-state index contributed by atoms with van der Waals surface area (Å²) in [6, 6.07) is 12.1. The van der Waals surface area contributed by atoms with Crippen molar-refractivity contribution in [2.75, 3.05) is 13.6 Å². The molecular formula is C20H20ClN3O3S2. The summed E-state index contributed by atoms with van der Waals surface area (Å²) in [7, 11) is -2.34. The van der Waals surface area contributed by atoms with E-state index in [1.165, 1.54) is 25.2 Å². The summed E-state index contributed by atoms with van der Waals surface area (Å²) in [5.41, 5.74) is 3.20. The highest BCUT2D eigenvalue weighted by Crippen LogP contribution is 2.22. The van der Waals surface area contributed by atoms with E-state index < -0.39 is 15.9 Å². The van der Waals surface area contributed by atoms with E-state index in [1.807, 2.05) is 36.6 Å². The molecule has 9 heteroatoms. The summed E-state index contributed by atoms with van der Waals surface area (Å²) >= 11 is 7.69. The van der Waals surface area contributed by atoms with E-state index >= 15 is 0 Å². The smallest absolute Gasteiger partial charge is 0.252 e. The van der Waals surface area contributed by atoms with Crippen molar-refractivity contribution < 1.29 is 13.2 Å². The number of thiazole rings is 1. The number of hydrogen-bond donors (Lipinski definition) is 2. The minimum Gasteiger partial charge on any atom is -0.352 e. The van der Waals surface area contributed by atoms with Crippen LogP contribution in [0.3, 0.4) is 0 Å². The lowest BCUT2D eigenvalue weighted by atomic mass is 10.1. The zero-order valence-corrected chi connectivity index (χ0v) is 18.3. The average Bonchev–Trinajstić information content (AvgIpc) is 3.15. The van der Waals surface area contributed by atoms with E-state index in [0.717, 1.165) is 21.8 Å². The van der Waals surface area contributed by atoms with Gasteiger partial charge in [-0.3, -0.25) is 4.79 Å². The number of hydrogen-bond acceptors (Lipinski definition) is 5. The van der Waals surface area contributed by atoms with Crippen molar-refractivity contribution in [3.8, 4) is 11.3 Å². The highest BCUT2D eigenvalue weighted by atomic mass is 35.5. The van der Waals surface area contributed by atoms with E-state index in [9.17, 15) is 13.2 Å². The van der Waals surface area contributed by atoms with Crippen LogP contribution in [0.4, 0.5) is 0 Å². The van der Waals surface area contributed by atoms with Gasteiger partial charge in [-0.25, -0.2) is 18.1 Å². The van der Waals surface area contributed by atoms with Gasteiger partial charge in [-0.05, 0) is 44.2 Å². The van der Waals surface area contributed by atoms with Gasteiger partial charge in [0.2, 0.25) is 10.0 Å². The molecule has 0 saturated carbocycles. The Bertz CT molecular complexity index is 1130. The third kappa shape index (κ3) is 5.22. The SMILES string of the molecule is CNS(=O)(=O)c1ccc(Cl)c(C(=O)NCCc2ccc(-c3csc(C)n3)cc2)c1. The minimum atomic E-state index is -3.65. The third-order valence-corrected chi connectivity index (χ3v) is 6.84. The number of amides is 1. The van der Waals surface area contributed by atoms with Crippen LogP contribution in [0, 0.1) is 6.92 Å². The van der Waals surface area contributed by atoms with Crippen LogP contribution < -0.4 is 10.0 Å². The van der Waals surface area contributed by atoms with Gasteiger partial charge in [-0.15, -0.1) is 11.3 Å². The van der Waals surface area contributed by atoms with Gasteiger partial charge >= 0.3 is 0 Å². The second-order valence-corrected chi connectivity index (χ2v) is 9.66. The van der Waals surface area contributed by atoms with E-state index in [2.05, 4.69) is 15.0 Å². The molecule has 0 radical (unpaired) electrons. The highest BCUT2D eigenvalue weighted by Gasteiger charge is 2.17. The summed E-state index contributed by atoms with van der Waals surface area (Å²) in [4.78, 5) is 16.9. The number of nitrogens with zero attached hydrogens (tertiary/aromatic N) is 1. The predicted molar refractivity (Wildman–Crippen MR) is 116 cm³/mol. The Labute approximate surface area is 179 Å². The van der Waals surface area contributed by atoms with Gasteiger partial charge in [-0.2, -0.15) is 0 Å². The first-order valence-electron chi connectivity index (χ1n) is 8.83. The Kier molecular flexibility index (Phi) is 6.69. The van der Waals surface area contributed by atoms with Crippen LogP contribution in [0.2, 0.25) is 5.02 Å². The fraction of sp³-hybridized carbons (Fsp3) is 0.200. The van der Waals surface area contributed by atoms with Crippen LogP contribution >= 0.6 is 22.9 Å². The number of aryl methyl sites for hydroxylation is 1. The summed E-state index contributed by atoms with van der Waals surface area (Å²) in [6.07, 6.45) is 0.633. The standard InChI is InChI=1S/C20H20ClN3O3S2/c1-13-24-19(12-28-13)15-5-3-14(4-6-15)9-10-23-20(25)17-11-16(7-8-18(17)21)29(26,27)22-2/h3-8,11-12,22H,9-10H2,1-2H3,(H,23,25). The van der Waals surface area contributed by atoms with Crippen molar-refractivity contribution >= 4 is 38.9 Å². The Morgan fingerprint density at radius 1 is 1.17 bits per heavy atom. The van der Waals surface area contributed by atoms with Gasteiger partial charge < -0.3 is 5.32 Å². The minimum absolute atomic E-state index is 0.0117. The molecule has 1 aromatic heterocycles. The molecule has 0 saturated heterocycles. The van der Waals surface area contributed by atoms with E-state index in [1.54, 1.807) is 11.3 Å². The number of rotatable bonds is 7. The molecule has 6 nitrogen and oxygen atoms in total. The molecule has 29 heavy (non-hydrogen) atoms. The lowest BCUT2D eigenvalue weighted by Crippen LogP contribution is -2.26. The van der Waals surface area contributed by atoms with Crippen molar-refractivity contribution in [1.29, 1.82) is 0 Å². The quantitative estimate of drug-likeness (QED) is 0.576. The van der Waals surface area contributed by atoms with Gasteiger partial charge in [0.25, 0.3) is 5.91 Å². The van der Waals surface area contributed by atoms with Crippen LogP contribution in [0.1, 0.15) is 20.9 Å². The molecule has 0 unspecified atom stereocenters. The highest BCUT2D eigenvalue weighted by molar-refractivity contribution is 7.89. The predicted octanol–water partition coefficient (Wildman–Crippen LogP) is 3.65. The molecule has 2 N–H and O–H groups in total. The first-order chi connectivity index (χ1) is 13.8. The zero-order valence-electron chi connectivity index (χ0n) is 15.9. The lowest BCUT2D eigenvalue weighted by Gasteiger charge is -2.09. The maximum Gasteiger partial charge on any atom is 0.252 e. The fourth-order valence-electron chi connectivity index (χ4n) is 2.72. The number of sulfonamides is 1. The maximum absolute atomic E-state index is 12.4. The molecular weight excluding hydrogens is 430 g/mol. The first-order valence-corrected chi connectivity index (χ1v) is 11.6. The van der Waals surface area contributed by atoms with Crippen molar-refractivity contribution in [3.05, 3.63) is 69.0 Å². The molecule has 0 bridgehead atoms. The summed E-state index contributed by atoms with van der Waals surface area (Å²) in [5.74, 6) is -0.419. The number of nitrogens with one attached hydrogen (secondary N) is 2. The molecule has 1 heterocycles. The van der Waals surface area contributed by atoms with Crippen molar-refractivity contribution in [1.82, 2.24) is 15.0 Å². The third-order valence-electron chi connectivity index (χ3n) is 4.33. The van der Waals surface area contributed by atoms with Crippen LogP contribution in [0.15, 0.2) is 52.7 Å². The molecule has 0 fully saturated rings. The Hall–Kier alpha value is -2.26. The van der Waals surface area contributed by atoms with Crippen LogP contribution in [-0.4, -0.2) is 32.9 Å². The van der Waals surface area contributed by atoms with E-state index in [-0.39, 0.29) is 15.5 Å². The van der Waals surface area contributed by atoms with Crippen molar-refractivity contribution in [3.63, 3.8) is 0 Å². The average molecular weight is 450 g/mol. The topological polar surface area (TPSA) is 88.2 Å². The Morgan fingerprint density at radius 2 is 1.90 bits per heavy atom. The van der Waals surface area contributed by atoms with E-state index in [0.29, 0.717) is 13.0 Å². The number of aromatic nitrogens is 1. The monoisotopic (exact) mass is 449 g/mol. The molecule has 0 aliphatic rings. The molecule has 0 aliphatic carbocycles. The van der Waals surface area contributed by atoms with Crippen LogP contribution in [0.5, 0.6) is 0 Å². The van der Waals surface area contributed by atoms with Gasteiger partial charge in [-0.1, -0.05) is 35.9 Å². The van der Waals surface area contributed by atoms with Crippen LogP contribution in [-0.2, 0) is 16.4 Å². The van der Waals surface area contributed by atoms with Gasteiger partial charge in [0.05, 0.1) is 26.2 Å². The summed E-state index contributed by atoms with van der Waals surface area (Å²) in [6.45, 7) is 2.37. The molecule has 152 valence electrons. The molecule has 1 amide bonds. The van der Waals surface area contributed by atoms with Crippen molar-refractivity contribution in [2.24, 2.45) is 0 Å². The molecule has 3 rings (SSSR count). The fourth-order valence-corrected chi connectivity index (χ4v) is 4.30. The van der Waals surface area contributed by atoms with Crippen LogP contribution in [0.25, 0.3) is 11.3 Å². The Morgan fingerprint density at radius 3 is 2.52 bits per heavy atom. The second-order valence-electron chi connectivity index (χ2n) is 6.30. The largest absolute Gasteiger partial charge is 0.352 e.